The largest absolute Gasteiger partial charge is 0.505 e. The maximum Gasteiger partial charge on any atom is 0.505 e. The Hall–Kier alpha value is -3.98. The molecule has 47 heavy (non-hydrogen) atoms. The van der Waals surface area contributed by atoms with Crippen LogP contribution in [0.15, 0.2) is 24.3 Å². The number of H-pyrrole nitrogens is 1. The minimum absolute atomic E-state index is 0.0416. The van der Waals surface area contributed by atoms with Gasteiger partial charge in [0.15, 0.2) is 5.78 Å². The van der Waals surface area contributed by atoms with Crippen molar-refractivity contribution in [3.8, 4) is 5.75 Å². The Morgan fingerprint density at radius 2 is 1.79 bits per heavy atom. The van der Waals surface area contributed by atoms with E-state index in [0.29, 0.717) is 23.1 Å². The molecular formula is C30H43N4O12P. The van der Waals surface area contributed by atoms with Crippen molar-refractivity contribution in [1.82, 2.24) is 20.5 Å². The molecule has 2 aromatic rings. The van der Waals surface area contributed by atoms with Crippen molar-refractivity contribution in [1.29, 1.82) is 0 Å². The van der Waals surface area contributed by atoms with Gasteiger partial charge in [-0.15, -0.1) is 0 Å². The van der Waals surface area contributed by atoms with Crippen LogP contribution in [0.3, 0.4) is 0 Å². The quantitative estimate of drug-likeness (QED) is 0.132. The molecule has 0 radical (unpaired) electrons. The van der Waals surface area contributed by atoms with Gasteiger partial charge in [-0.2, -0.15) is 0 Å². The summed E-state index contributed by atoms with van der Waals surface area (Å²) in [5.41, 5.74) is 0.855. The molecule has 0 bridgehead atoms. The van der Waals surface area contributed by atoms with E-state index >= 15 is 0 Å². The zero-order valence-electron chi connectivity index (χ0n) is 27.3. The van der Waals surface area contributed by atoms with Gasteiger partial charge in [0.25, 0.3) is 5.91 Å². The van der Waals surface area contributed by atoms with Crippen LogP contribution < -0.4 is 15.4 Å². The molecule has 3 rings (SSSR count). The average Bonchev–Trinajstić information content (AvgIpc) is 3.64. The van der Waals surface area contributed by atoms with E-state index in [1.165, 1.54) is 12.0 Å². The molecule has 0 saturated carbocycles. The summed E-state index contributed by atoms with van der Waals surface area (Å²) in [4.78, 5) is 69.0. The molecule has 0 spiro atoms. The van der Waals surface area contributed by atoms with Crippen molar-refractivity contribution in [2.45, 2.75) is 58.2 Å². The number of rotatable bonds is 18. The number of hydrogen-bond acceptors (Lipinski definition) is 11. The topological polar surface area (TPSA) is 212 Å². The summed E-state index contributed by atoms with van der Waals surface area (Å²) < 4.78 is 37.0. The van der Waals surface area contributed by atoms with E-state index in [1.54, 1.807) is 31.2 Å². The number of carbonyl (C=O) groups is 5. The second-order valence-corrected chi connectivity index (χ2v) is 13.4. The molecule has 17 heteroatoms. The number of aromatic nitrogens is 1. The van der Waals surface area contributed by atoms with E-state index in [-0.39, 0.29) is 43.5 Å². The number of ether oxygens (including phenoxy) is 2. The third-order valence-corrected chi connectivity index (χ3v) is 9.13. The van der Waals surface area contributed by atoms with Crippen molar-refractivity contribution in [2.75, 3.05) is 41.1 Å². The Bertz CT molecular complexity index is 1490. The van der Waals surface area contributed by atoms with Crippen LogP contribution in [0.25, 0.3) is 10.9 Å². The van der Waals surface area contributed by atoms with Gasteiger partial charge in [0, 0.05) is 37.6 Å². The van der Waals surface area contributed by atoms with Gasteiger partial charge in [-0.05, 0) is 50.3 Å². The normalized spacial score (nSPS) is 17.0. The first-order valence-corrected chi connectivity index (χ1v) is 16.5. The van der Waals surface area contributed by atoms with Gasteiger partial charge in [-0.1, -0.05) is 19.9 Å². The second kappa shape index (κ2) is 16.7. The lowest BCUT2D eigenvalue weighted by molar-refractivity contribution is -0.135. The van der Waals surface area contributed by atoms with Gasteiger partial charge < -0.3 is 35.1 Å². The highest BCUT2D eigenvalue weighted by Crippen LogP contribution is 2.47. The molecule has 4 N–H and O–H groups in total. The number of carbonyl (C=O) groups excluding carboxylic acids is 4. The van der Waals surface area contributed by atoms with Crippen LogP contribution in [-0.2, 0) is 37.3 Å². The van der Waals surface area contributed by atoms with Crippen LogP contribution in [0.1, 0.15) is 50.5 Å². The molecule has 16 nitrogen and oxygen atoms in total. The van der Waals surface area contributed by atoms with Crippen molar-refractivity contribution in [2.24, 2.45) is 11.8 Å². The van der Waals surface area contributed by atoms with Gasteiger partial charge in [0.1, 0.15) is 30.7 Å². The smallest absolute Gasteiger partial charge is 0.496 e. The van der Waals surface area contributed by atoms with Gasteiger partial charge in [0.2, 0.25) is 11.8 Å². The number of amides is 3. The number of nitrogens with one attached hydrogen (secondary N) is 3. The summed E-state index contributed by atoms with van der Waals surface area (Å²) in [6.07, 6.45) is -1.06. The zero-order valence-corrected chi connectivity index (χ0v) is 28.2. The van der Waals surface area contributed by atoms with Crippen LogP contribution >= 0.6 is 7.82 Å². The lowest BCUT2D eigenvalue weighted by Crippen LogP contribution is -2.53. The van der Waals surface area contributed by atoms with Crippen LogP contribution in [0, 0.1) is 11.8 Å². The molecule has 260 valence electrons. The Balaban J connectivity index is 1.81. The number of hydrogen-bond donors (Lipinski definition) is 4. The number of phosphoric ester groups is 1. The highest BCUT2D eigenvalue weighted by Gasteiger charge is 2.39. The highest BCUT2D eigenvalue weighted by molar-refractivity contribution is 7.48. The van der Waals surface area contributed by atoms with E-state index < -0.39 is 62.2 Å². The summed E-state index contributed by atoms with van der Waals surface area (Å²) in [5.74, 6) is -2.48. The van der Waals surface area contributed by atoms with Crippen LogP contribution in [0.2, 0.25) is 0 Å². The van der Waals surface area contributed by atoms with Gasteiger partial charge in [-0.25, -0.2) is 9.36 Å². The van der Waals surface area contributed by atoms with Crippen molar-refractivity contribution in [3.63, 3.8) is 0 Å². The maximum absolute atomic E-state index is 13.7. The number of fused-ring (bicyclic) bond motifs is 1. The monoisotopic (exact) mass is 682 g/mol. The summed E-state index contributed by atoms with van der Waals surface area (Å²) in [6.45, 7) is 4.65. The first-order chi connectivity index (χ1) is 22.2. The minimum Gasteiger partial charge on any atom is -0.496 e. The number of carboxylic acid groups (broad SMARTS) is 1. The summed E-state index contributed by atoms with van der Waals surface area (Å²) in [6, 6.07) is 4.01. The molecule has 1 aromatic heterocycles. The molecular weight excluding hydrogens is 639 g/mol. The fourth-order valence-corrected chi connectivity index (χ4v) is 5.96. The van der Waals surface area contributed by atoms with E-state index in [1.807, 2.05) is 13.8 Å². The van der Waals surface area contributed by atoms with Gasteiger partial charge in [-0.3, -0.25) is 32.7 Å². The molecule has 0 unspecified atom stereocenters. The van der Waals surface area contributed by atoms with E-state index in [0.717, 1.165) is 14.2 Å². The number of phosphoric acid groups is 1. The van der Waals surface area contributed by atoms with Crippen molar-refractivity contribution >= 4 is 48.4 Å². The van der Waals surface area contributed by atoms with E-state index in [2.05, 4.69) is 20.4 Å². The molecule has 1 fully saturated rings. The number of aromatic amines is 1. The molecule has 2 heterocycles. The highest BCUT2D eigenvalue weighted by atomic mass is 31.2. The molecule has 3 amide bonds. The fourth-order valence-electron chi connectivity index (χ4n) is 5.32. The van der Waals surface area contributed by atoms with Gasteiger partial charge in [0.05, 0.1) is 19.2 Å². The summed E-state index contributed by atoms with van der Waals surface area (Å²) in [7, 11) is -0.368. The average molecular weight is 683 g/mol. The second-order valence-electron chi connectivity index (χ2n) is 11.6. The standard InChI is InChI=1S/C30H43N4O12P/c1-17(2)12-23(33-28(37)24-14-20-21(31-24)8-7-9-26(20)42-4)27(36)32-22(25(35)16-46-47(41,43-5)44-6)13-19-10-11-34(29(19)38)18(3)15-45-30(39)40/h7-9,14,17-19,22-23,31H,10-13,15-16H2,1-6H3,(H,32,36)(H,33,37)(H,39,40)/t18-,19-,22-,23-/m0/s1. The molecule has 1 aliphatic rings. The number of methoxy groups -OCH3 is 1. The van der Waals surface area contributed by atoms with Crippen LogP contribution in [0.4, 0.5) is 4.79 Å². The third kappa shape index (κ3) is 10.0. The lowest BCUT2D eigenvalue weighted by atomic mass is 9.95. The number of likely N-dealkylation sites (tertiary alicyclic amines) is 1. The SMILES string of the molecule is COc1cccc2[nH]c(C(=O)N[C@@H](CC(C)C)C(=O)N[C@@H](C[C@@H]3CCN([C@@H](C)COC(=O)O)C3=O)C(=O)COP(=O)(OC)OC)cc12. The molecule has 0 aliphatic carbocycles. The number of Topliss-reactive ketones (excluding diaryl/α,β-unsaturated/α-hetero) is 1. The first-order valence-electron chi connectivity index (χ1n) is 15.0. The first kappa shape index (κ1) is 37.5. The van der Waals surface area contributed by atoms with Gasteiger partial charge >= 0.3 is 14.0 Å². The van der Waals surface area contributed by atoms with Crippen LogP contribution in [-0.4, -0.2) is 104 Å². The predicted molar refractivity (Wildman–Crippen MR) is 168 cm³/mol. The summed E-state index contributed by atoms with van der Waals surface area (Å²) in [5, 5.41) is 14.9. The maximum atomic E-state index is 13.7. The summed E-state index contributed by atoms with van der Waals surface area (Å²) >= 11 is 0. The van der Waals surface area contributed by atoms with E-state index in [4.69, 9.17) is 23.4 Å². The molecule has 1 saturated heterocycles. The number of nitrogens with zero attached hydrogens (tertiary/aromatic N) is 1. The Morgan fingerprint density at radius 3 is 2.40 bits per heavy atom. The molecule has 1 aliphatic heterocycles. The molecule has 1 aromatic carbocycles. The lowest BCUT2D eigenvalue weighted by Gasteiger charge is -2.26. The molecule has 4 atom stereocenters. The Morgan fingerprint density at radius 1 is 1.09 bits per heavy atom. The predicted octanol–water partition coefficient (Wildman–Crippen LogP) is 3.11. The van der Waals surface area contributed by atoms with Crippen LogP contribution in [0.5, 0.6) is 5.75 Å². The third-order valence-electron chi connectivity index (χ3n) is 7.79. The minimum atomic E-state index is -4.05. The number of ketones is 1. The van der Waals surface area contributed by atoms with E-state index in [9.17, 15) is 28.5 Å². The van der Waals surface area contributed by atoms with Crippen molar-refractivity contribution in [3.05, 3.63) is 30.0 Å². The number of benzene rings is 1. The van der Waals surface area contributed by atoms with Crippen molar-refractivity contribution < 1.29 is 56.7 Å². The Labute approximate surface area is 272 Å². The fraction of sp³-hybridized carbons (Fsp3) is 0.567. The zero-order chi connectivity index (χ0) is 34.9. The Kier molecular flexibility index (Phi) is 13.3.